The van der Waals surface area contributed by atoms with Crippen molar-refractivity contribution in [2.24, 2.45) is 5.92 Å². The van der Waals surface area contributed by atoms with Crippen molar-refractivity contribution >= 4 is 5.91 Å². The molecule has 0 aliphatic carbocycles. The van der Waals surface area contributed by atoms with E-state index in [0.717, 1.165) is 51.4 Å². The van der Waals surface area contributed by atoms with Gasteiger partial charge in [-0.2, -0.15) is 0 Å². The van der Waals surface area contributed by atoms with Crippen molar-refractivity contribution in [3.05, 3.63) is 11.6 Å². The third kappa shape index (κ3) is 4.62. The van der Waals surface area contributed by atoms with Crippen LogP contribution in [0.15, 0.2) is 11.6 Å². The van der Waals surface area contributed by atoms with E-state index in [9.17, 15) is 4.79 Å². The van der Waals surface area contributed by atoms with E-state index >= 15 is 0 Å². The van der Waals surface area contributed by atoms with Gasteiger partial charge in [-0.15, -0.1) is 0 Å². The minimum absolute atomic E-state index is 0.325. The second kappa shape index (κ2) is 7.65. The molecule has 2 heterocycles. The summed E-state index contributed by atoms with van der Waals surface area (Å²) in [6.45, 7) is 4.57. The van der Waals surface area contributed by atoms with Crippen molar-refractivity contribution in [1.82, 2.24) is 10.2 Å². The van der Waals surface area contributed by atoms with Crippen LogP contribution in [0.2, 0.25) is 0 Å². The van der Waals surface area contributed by atoms with Crippen LogP contribution < -0.4 is 5.32 Å². The fraction of sp³-hybridized carbons (Fsp3) is 0.800. The third-order valence-corrected chi connectivity index (χ3v) is 4.21. The number of rotatable bonds is 5. The van der Waals surface area contributed by atoms with E-state index in [1.807, 2.05) is 4.90 Å². The standard InChI is InChI=1S/C15H26N2O2/c1-19-12-14-6-10-17(11-7-14)15(18)3-2-13-4-8-16-9-5-13/h6,13,16H,2-5,7-12H2,1H3. The Balaban J connectivity index is 1.69. The molecule has 0 bridgehead atoms. The largest absolute Gasteiger partial charge is 0.380 e. The lowest BCUT2D eigenvalue weighted by molar-refractivity contribution is -0.131. The summed E-state index contributed by atoms with van der Waals surface area (Å²) in [5.41, 5.74) is 1.32. The molecule has 2 aliphatic heterocycles. The zero-order valence-electron chi connectivity index (χ0n) is 12.0. The fourth-order valence-electron chi connectivity index (χ4n) is 2.91. The molecule has 4 nitrogen and oxygen atoms in total. The maximum absolute atomic E-state index is 12.2. The molecule has 4 heteroatoms. The summed E-state index contributed by atoms with van der Waals surface area (Å²) in [7, 11) is 1.72. The minimum Gasteiger partial charge on any atom is -0.380 e. The molecule has 0 aromatic carbocycles. The van der Waals surface area contributed by atoms with Crippen LogP contribution >= 0.6 is 0 Å². The Kier molecular flexibility index (Phi) is 5.86. The fourth-order valence-corrected chi connectivity index (χ4v) is 2.91. The van der Waals surface area contributed by atoms with E-state index < -0.39 is 0 Å². The number of nitrogens with one attached hydrogen (secondary N) is 1. The molecule has 2 rings (SSSR count). The van der Waals surface area contributed by atoms with Gasteiger partial charge in [-0.1, -0.05) is 6.08 Å². The van der Waals surface area contributed by atoms with E-state index in [1.165, 1.54) is 18.4 Å². The quantitative estimate of drug-likeness (QED) is 0.768. The molecule has 0 radical (unpaired) electrons. The summed E-state index contributed by atoms with van der Waals surface area (Å²) in [6, 6.07) is 0. The van der Waals surface area contributed by atoms with Gasteiger partial charge in [-0.3, -0.25) is 4.79 Å². The summed E-state index contributed by atoms with van der Waals surface area (Å²) in [4.78, 5) is 14.1. The van der Waals surface area contributed by atoms with Crippen molar-refractivity contribution < 1.29 is 9.53 Å². The monoisotopic (exact) mass is 266 g/mol. The first kappa shape index (κ1) is 14.5. The Morgan fingerprint density at radius 3 is 2.89 bits per heavy atom. The summed E-state index contributed by atoms with van der Waals surface area (Å²) < 4.78 is 5.13. The van der Waals surface area contributed by atoms with E-state index in [-0.39, 0.29) is 0 Å². The van der Waals surface area contributed by atoms with Crippen molar-refractivity contribution in [1.29, 1.82) is 0 Å². The van der Waals surface area contributed by atoms with Gasteiger partial charge in [-0.25, -0.2) is 0 Å². The SMILES string of the molecule is COCC1=CCN(C(=O)CCC2CCNCC2)CC1. The first-order valence-corrected chi connectivity index (χ1v) is 7.45. The highest BCUT2D eigenvalue weighted by Crippen LogP contribution is 2.19. The van der Waals surface area contributed by atoms with Crippen LogP contribution in [-0.4, -0.2) is 50.7 Å². The lowest BCUT2D eigenvalue weighted by atomic mass is 9.93. The number of carbonyl (C=O) groups excluding carboxylic acids is 1. The molecule has 2 aliphatic rings. The number of carbonyl (C=O) groups is 1. The number of amides is 1. The van der Waals surface area contributed by atoms with Crippen LogP contribution in [0.5, 0.6) is 0 Å². The van der Waals surface area contributed by atoms with Crippen molar-refractivity contribution in [3.63, 3.8) is 0 Å². The highest BCUT2D eigenvalue weighted by molar-refractivity contribution is 5.76. The summed E-state index contributed by atoms with van der Waals surface area (Å²) in [5.74, 6) is 1.07. The van der Waals surface area contributed by atoms with Gasteiger partial charge < -0.3 is 15.0 Å². The van der Waals surface area contributed by atoms with E-state index in [0.29, 0.717) is 12.5 Å². The lowest BCUT2D eigenvalue weighted by Crippen LogP contribution is -2.36. The van der Waals surface area contributed by atoms with Crippen LogP contribution in [0.4, 0.5) is 0 Å². The van der Waals surface area contributed by atoms with Crippen molar-refractivity contribution in [3.8, 4) is 0 Å². The van der Waals surface area contributed by atoms with Gasteiger partial charge in [0.05, 0.1) is 6.61 Å². The molecule has 0 atom stereocenters. The molecule has 1 fully saturated rings. The number of hydrogen-bond donors (Lipinski definition) is 1. The highest BCUT2D eigenvalue weighted by atomic mass is 16.5. The molecule has 0 aromatic rings. The van der Waals surface area contributed by atoms with Gasteiger partial charge in [0.25, 0.3) is 0 Å². The number of piperidine rings is 1. The van der Waals surface area contributed by atoms with Gasteiger partial charge in [0.15, 0.2) is 0 Å². The Morgan fingerprint density at radius 1 is 1.47 bits per heavy atom. The molecule has 0 spiro atoms. The number of ether oxygens (including phenoxy) is 1. The predicted octanol–water partition coefficient (Wildman–Crippen LogP) is 1.57. The van der Waals surface area contributed by atoms with Gasteiger partial charge in [-0.05, 0) is 50.3 Å². The first-order valence-electron chi connectivity index (χ1n) is 7.45. The molecule has 19 heavy (non-hydrogen) atoms. The normalized spacial score (nSPS) is 21.3. The van der Waals surface area contributed by atoms with Crippen LogP contribution in [0.1, 0.15) is 32.1 Å². The molecule has 1 saturated heterocycles. The lowest BCUT2D eigenvalue weighted by Gasteiger charge is -2.28. The number of hydrogen-bond acceptors (Lipinski definition) is 3. The van der Waals surface area contributed by atoms with E-state index in [1.54, 1.807) is 7.11 Å². The Bertz CT molecular complexity index is 322. The molecule has 0 aromatic heterocycles. The molecule has 1 N–H and O–H groups in total. The summed E-state index contributed by atoms with van der Waals surface area (Å²) >= 11 is 0. The third-order valence-electron chi connectivity index (χ3n) is 4.21. The molecule has 0 saturated carbocycles. The van der Waals surface area contributed by atoms with E-state index in [4.69, 9.17) is 4.74 Å². The zero-order valence-corrected chi connectivity index (χ0v) is 12.0. The maximum Gasteiger partial charge on any atom is 0.222 e. The van der Waals surface area contributed by atoms with Gasteiger partial charge in [0.1, 0.15) is 0 Å². The van der Waals surface area contributed by atoms with Crippen molar-refractivity contribution in [2.45, 2.75) is 32.1 Å². The number of nitrogens with zero attached hydrogens (tertiary/aromatic N) is 1. The van der Waals surface area contributed by atoms with Gasteiger partial charge in [0, 0.05) is 26.6 Å². The van der Waals surface area contributed by atoms with Crippen LogP contribution in [-0.2, 0) is 9.53 Å². The average molecular weight is 266 g/mol. The average Bonchev–Trinajstić information content (AvgIpc) is 2.47. The first-order chi connectivity index (χ1) is 9.29. The molecular formula is C15H26N2O2. The van der Waals surface area contributed by atoms with Crippen LogP contribution in [0, 0.1) is 5.92 Å². The maximum atomic E-state index is 12.2. The van der Waals surface area contributed by atoms with Crippen LogP contribution in [0.25, 0.3) is 0 Å². The second-order valence-corrected chi connectivity index (χ2v) is 5.62. The zero-order chi connectivity index (χ0) is 13.5. The Hall–Kier alpha value is -0.870. The van der Waals surface area contributed by atoms with Crippen LogP contribution in [0.3, 0.4) is 0 Å². The topological polar surface area (TPSA) is 41.6 Å². The second-order valence-electron chi connectivity index (χ2n) is 5.62. The minimum atomic E-state index is 0.325. The summed E-state index contributed by atoms with van der Waals surface area (Å²) in [5, 5.41) is 3.37. The number of methoxy groups -OCH3 is 1. The predicted molar refractivity (Wildman–Crippen MR) is 76.0 cm³/mol. The molecular weight excluding hydrogens is 240 g/mol. The van der Waals surface area contributed by atoms with Gasteiger partial charge in [0.2, 0.25) is 5.91 Å². The highest BCUT2D eigenvalue weighted by Gasteiger charge is 2.19. The molecule has 108 valence electrons. The Morgan fingerprint density at radius 2 is 2.26 bits per heavy atom. The van der Waals surface area contributed by atoms with Crippen molar-refractivity contribution in [2.75, 3.05) is 39.9 Å². The summed E-state index contributed by atoms with van der Waals surface area (Å²) in [6.07, 6.45) is 7.35. The molecule has 0 unspecified atom stereocenters. The molecule has 1 amide bonds. The smallest absolute Gasteiger partial charge is 0.222 e. The Labute approximate surface area is 116 Å². The van der Waals surface area contributed by atoms with Gasteiger partial charge >= 0.3 is 0 Å². The van der Waals surface area contributed by atoms with E-state index in [2.05, 4.69) is 11.4 Å².